The smallest absolute Gasteiger partial charge is 0.325 e. The molecule has 0 bridgehead atoms. The monoisotopic (exact) mass is 285 g/mol. The summed E-state index contributed by atoms with van der Waals surface area (Å²) in [6, 6.07) is 15.2. The molecule has 2 aromatic carbocycles. The van der Waals surface area contributed by atoms with Crippen LogP contribution < -0.4 is 15.0 Å². The van der Waals surface area contributed by atoms with Gasteiger partial charge in [0.2, 0.25) is 0 Å². The molecule has 0 aliphatic carbocycles. The number of hydrogen-bond donors (Lipinski definition) is 1. The van der Waals surface area contributed by atoms with Crippen molar-refractivity contribution in [3.63, 3.8) is 0 Å². The van der Waals surface area contributed by atoms with Gasteiger partial charge in [0.15, 0.2) is 0 Å². The van der Waals surface area contributed by atoms with Crippen LogP contribution >= 0.6 is 0 Å². The van der Waals surface area contributed by atoms with Gasteiger partial charge in [-0.15, -0.1) is 0 Å². The average Bonchev–Trinajstić information content (AvgIpc) is 2.47. The number of carbonyl (C=O) groups excluding carboxylic acids is 1. The third-order valence-corrected chi connectivity index (χ3v) is 3.21. The number of amides is 1. The molecule has 1 aliphatic rings. The Morgan fingerprint density at radius 2 is 1.57 bits per heavy atom. The first-order valence-corrected chi connectivity index (χ1v) is 6.60. The maximum atomic E-state index is 12.0. The number of carbonyl (C=O) groups is 1. The number of benzene rings is 2. The number of hydrogen-bond acceptors (Lipinski definition) is 4. The van der Waals surface area contributed by atoms with Crippen LogP contribution in [-0.4, -0.2) is 19.3 Å². The van der Waals surface area contributed by atoms with Crippen molar-refractivity contribution in [2.45, 2.75) is 12.7 Å². The Balaban J connectivity index is 2.02. The van der Waals surface area contributed by atoms with E-state index in [4.69, 9.17) is 9.47 Å². The Morgan fingerprint density at radius 1 is 1.05 bits per heavy atom. The summed E-state index contributed by atoms with van der Waals surface area (Å²) in [5.74, 6) is 0.760. The highest BCUT2D eigenvalue weighted by Crippen LogP contribution is 2.30. The van der Waals surface area contributed by atoms with Gasteiger partial charge in [0.25, 0.3) is 0 Å². The van der Waals surface area contributed by atoms with E-state index in [1.165, 1.54) is 7.11 Å². The van der Waals surface area contributed by atoms with Crippen molar-refractivity contribution < 1.29 is 19.1 Å². The van der Waals surface area contributed by atoms with Crippen molar-refractivity contribution in [3.8, 4) is 11.5 Å². The summed E-state index contributed by atoms with van der Waals surface area (Å²) in [4.78, 5) is 16.6. The molecule has 1 amide bonds. The fourth-order valence-electron chi connectivity index (χ4n) is 2.25. The van der Waals surface area contributed by atoms with Gasteiger partial charge in [-0.25, -0.2) is 5.48 Å². The normalized spacial score (nSPS) is 13.8. The standard InChI is InChI=1S/C16H15NO4/c1-19-17-15(18)16-20-13-8-4-2-6-11(13)10-12-7-3-5-9-14(12)21-16/h2-9,16H,10H2,1H3,(H,17,18). The molecule has 0 atom stereocenters. The summed E-state index contributed by atoms with van der Waals surface area (Å²) in [7, 11) is 1.36. The first kappa shape index (κ1) is 13.5. The van der Waals surface area contributed by atoms with E-state index in [0.29, 0.717) is 17.9 Å². The van der Waals surface area contributed by atoms with Crippen LogP contribution in [0.25, 0.3) is 0 Å². The van der Waals surface area contributed by atoms with Gasteiger partial charge in [0.05, 0.1) is 7.11 Å². The van der Waals surface area contributed by atoms with Gasteiger partial charge in [-0.2, -0.15) is 0 Å². The summed E-state index contributed by atoms with van der Waals surface area (Å²) in [5, 5.41) is 0. The third kappa shape index (κ3) is 2.83. The van der Waals surface area contributed by atoms with Crippen LogP contribution in [0, 0.1) is 0 Å². The molecule has 0 fully saturated rings. The van der Waals surface area contributed by atoms with E-state index in [9.17, 15) is 4.79 Å². The van der Waals surface area contributed by atoms with E-state index in [1.54, 1.807) is 0 Å². The minimum absolute atomic E-state index is 0.496. The molecule has 0 saturated carbocycles. The SMILES string of the molecule is CONC(=O)C1Oc2ccccc2Cc2ccccc2O1. The summed E-state index contributed by atoms with van der Waals surface area (Å²) < 4.78 is 11.4. The molecule has 0 spiro atoms. The lowest BCUT2D eigenvalue weighted by molar-refractivity contribution is -0.151. The second-order valence-electron chi connectivity index (χ2n) is 4.63. The highest BCUT2D eigenvalue weighted by molar-refractivity contribution is 5.79. The predicted molar refractivity (Wildman–Crippen MR) is 75.9 cm³/mol. The Morgan fingerprint density at radius 3 is 2.10 bits per heavy atom. The molecule has 1 heterocycles. The third-order valence-electron chi connectivity index (χ3n) is 3.21. The summed E-state index contributed by atoms with van der Waals surface area (Å²) in [5.41, 5.74) is 4.24. The molecule has 108 valence electrons. The predicted octanol–water partition coefficient (Wildman–Crippen LogP) is 2.05. The van der Waals surface area contributed by atoms with Crippen molar-refractivity contribution in [1.82, 2.24) is 5.48 Å². The molecule has 0 unspecified atom stereocenters. The molecular formula is C16H15NO4. The molecule has 1 N–H and O–H groups in total. The van der Waals surface area contributed by atoms with E-state index >= 15 is 0 Å². The zero-order chi connectivity index (χ0) is 14.7. The Hall–Kier alpha value is -2.53. The van der Waals surface area contributed by atoms with Crippen LogP contribution in [0.2, 0.25) is 0 Å². The van der Waals surface area contributed by atoms with Gasteiger partial charge in [-0.05, 0) is 23.3 Å². The largest absolute Gasteiger partial charge is 0.446 e. The lowest BCUT2D eigenvalue weighted by atomic mass is 10.0. The van der Waals surface area contributed by atoms with Crippen LogP contribution in [-0.2, 0) is 16.1 Å². The molecule has 0 aromatic heterocycles. The summed E-state index contributed by atoms with van der Waals surface area (Å²) in [6.07, 6.45) is -0.419. The van der Waals surface area contributed by atoms with E-state index in [-0.39, 0.29) is 0 Å². The quantitative estimate of drug-likeness (QED) is 0.858. The van der Waals surface area contributed by atoms with Crippen LogP contribution in [0.15, 0.2) is 48.5 Å². The van der Waals surface area contributed by atoms with Gasteiger partial charge in [-0.3, -0.25) is 9.63 Å². The zero-order valence-electron chi connectivity index (χ0n) is 11.5. The fourth-order valence-corrected chi connectivity index (χ4v) is 2.25. The maximum Gasteiger partial charge on any atom is 0.325 e. The minimum atomic E-state index is -1.10. The second kappa shape index (κ2) is 5.85. The van der Waals surface area contributed by atoms with Gasteiger partial charge < -0.3 is 9.47 Å². The highest BCUT2D eigenvalue weighted by Gasteiger charge is 2.26. The maximum absolute atomic E-state index is 12.0. The lowest BCUT2D eigenvalue weighted by Crippen LogP contribution is -2.42. The van der Waals surface area contributed by atoms with Crippen LogP contribution in [0.3, 0.4) is 0 Å². The van der Waals surface area contributed by atoms with E-state index in [2.05, 4.69) is 10.3 Å². The molecular weight excluding hydrogens is 270 g/mol. The van der Waals surface area contributed by atoms with Crippen LogP contribution in [0.5, 0.6) is 11.5 Å². The second-order valence-corrected chi connectivity index (χ2v) is 4.63. The van der Waals surface area contributed by atoms with E-state index in [0.717, 1.165) is 11.1 Å². The molecule has 1 aliphatic heterocycles. The minimum Gasteiger partial charge on any atom is -0.446 e. The van der Waals surface area contributed by atoms with E-state index in [1.807, 2.05) is 48.5 Å². The number of ether oxygens (including phenoxy) is 2. The van der Waals surface area contributed by atoms with Crippen molar-refractivity contribution in [1.29, 1.82) is 0 Å². The lowest BCUT2D eigenvalue weighted by Gasteiger charge is -2.24. The summed E-state index contributed by atoms with van der Waals surface area (Å²) >= 11 is 0. The Bertz CT molecular complexity index is 609. The van der Waals surface area contributed by atoms with Gasteiger partial charge in [0, 0.05) is 6.42 Å². The topological polar surface area (TPSA) is 56.8 Å². The Labute approximate surface area is 122 Å². The zero-order valence-corrected chi connectivity index (χ0v) is 11.5. The average molecular weight is 285 g/mol. The number of para-hydroxylation sites is 2. The summed E-state index contributed by atoms with van der Waals surface area (Å²) in [6.45, 7) is 0. The molecule has 5 heteroatoms. The van der Waals surface area contributed by atoms with Gasteiger partial charge in [0.1, 0.15) is 11.5 Å². The number of hydroxylamine groups is 1. The molecule has 0 saturated heterocycles. The first-order chi connectivity index (χ1) is 10.3. The molecule has 2 aromatic rings. The highest BCUT2D eigenvalue weighted by atomic mass is 16.7. The van der Waals surface area contributed by atoms with Crippen LogP contribution in [0.4, 0.5) is 0 Å². The number of rotatable bonds is 2. The number of fused-ring (bicyclic) bond motifs is 2. The van der Waals surface area contributed by atoms with Crippen molar-refractivity contribution in [2.75, 3.05) is 7.11 Å². The van der Waals surface area contributed by atoms with Crippen molar-refractivity contribution >= 4 is 5.91 Å². The first-order valence-electron chi connectivity index (χ1n) is 6.60. The molecule has 3 rings (SSSR count). The molecule has 21 heavy (non-hydrogen) atoms. The number of nitrogens with one attached hydrogen (secondary N) is 1. The molecule has 5 nitrogen and oxygen atoms in total. The Kier molecular flexibility index (Phi) is 3.75. The van der Waals surface area contributed by atoms with E-state index < -0.39 is 12.2 Å². The van der Waals surface area contributed by atoms with Crippen molar-refractivity contribution in [3.05, 3.63) is 59.7 Å². The fraction of sp³-hybridized carbons (Fsp3) is 0.188. The van der Waals surface area contributed by atoms with Gasteiger partial charge >= 0.3 is 12.2 Å². The molecule has 0 radical (unpaired) electrons. The van der Waals surface area contributed by atoms with Crippen LogP contribution in [0.1, 0.15) is 11.1 Å². The van der Waals surface area contributed by atoms with Gasteiger partial charge in [-0.1, -0.05) is 36.4 Å². The van der Waals surface area contributed by atoms with Crippen molar-refractivity contribution in [2.24, 2.45) is 0 Å².